The molecule has 0 radical (unpaired) electrons. The van der Waals surface area contributed by atoms with Crippen LogP contribution in [0.25, 0.3) is 10.9 Å². The highest BCUT2D eigenvalue weighted by molar-refractivity contribution is 5.81. The number of hydrogen-bond acceptors (Lipinski definition) is 5. The number of nitrogens with one attached hydrogen (secondary N) is 1. The van der Waals surface area contributed by atoms with E-state index in [-0.39, 0.29) is 6.04 Å². The number of aryl methyl sites for hydroxylation is 1. The molecule has 6 nitrogen and oxygen atoms in total. The van der Waals surface area contributed by atoms with Crippen molar-refractivity contribution in [2.75, 3.05) is 19.6 Å². The van der Waals surface area contributed by atoms with Gasteiger partial charge in [0.15, 0.2) is 5.82 Å². The number of aromatic nitrogens is 3. The van der Waals surface area contributed by atoms with Crippen LogP contribution in [0.5, 0.6) is 0 Å². The first-order valence-corrected chi connectivity index (χ1v) is 10.1. The first-order chi connectivity index (χ1) is 13.2. The molecule has 142 valence electrons. The summed E-state index contributed by atoms with van der Waals surface area (Å²) < 4.78 is 5.44. The molecule has 1 aromatic carbocycles. The van der Waals surface area contributed by atoms with Crippen LogP contribution in [-0.4, -0.2) is 44.6 Å². The molecule has 2 saturated heterocycles. The molecule has 6 heteroatoms. The third-order valence-electron chi connectivity index (χ3n) is 5.91. The van der Waals surface area contributed by atoms with Gasteiger partial charge in [-0.15, -0.1) is 0 Å². The predicted molar refractivity (Wildman–Crippen MR) is 104 cm³/mol. The van der Waals surface area contributed by atoms with E-state index in [1.165, 1.54) is 54.5 Å². The summed E-state index contributed by atoms with van der Waals surface area (Å²) in [4.78, 5) is 13.0. The smallest absolute Gasteiger partial charge is 0.243 e. The average molecular weight is 365 g/mol. The average Bonchev–Trinajstić information content (AvgIpc) is 3.42. The van der Waals surface area contributed by atoms with Crippen LogP contribution in [0.4, 0.5) is 0 Å². The van der Waals surface area contributed by atoms with E-state index in [9.17, 15) is 0 Å². The molecular weight excluding hydrogens is 338 g/mol. The monoisotopic (exact) mass is 365 g/mol. The summed E-state index contributed by atoms with van der Waals surface area (Å²) in [6, 6.07) is 9.36. The Morgan fingerprint density at radius 3 is 2.81 bits per heavy atom. The fourth-order valence-electron chi connectivity index (χ4n) is 4.59. The van der Waals surface area contributed by atoms with E-state index in [2.05, 4.69) is 49.2 Å². The van der Waals surface area contributed by atoms with Crippen molar-refractivity contribution < 1.29 is 4.52 Å². The first kappa shape index (κ1) is 17.0. The minimum atomic E-state index is 0.249. The van der Waals surface area contributed by atoms with Crippen LogP contribution in [0.3, 0.4) is 0 Å². The molecule has 3 aromatic rings. The number of nitrogens with zero attached hydrogens (tertiary/aromatic N) is 4. The van der Waals surface area contributed by atoms with Crippen molar-refractivity contribution in [3.8, 4) is 0 Å². The topological polar surface area (TPSA) is 61.2 Å². The Bertz CT molecular complexity index is 924. The van der Waals surface area contributed by atoms with Gasteiger partial charge in [-0.1, -0.05) is 11.2 Å². The van der Waals surface area contributed by atoms with E-state index in [1.54, 1.807) is 0 Å². The van der Waals surface area contributed by atoms with Crippen molar-refractivity contribution in [1.29, 1.82) is 0 Å². The fourth-order valence-corrected chi connectivity index (χ4v) is 4.59. The Morgan fingerprint density at radius 2 is 2.00 bits per heavy atom. The van der Waals surface area contributed by atoms with Gasteiger partial charge < -0.3 is 9.51 Å². The number of likely N-dealkylation sites (tertiary alicyclic amines) is 2. The van der Waals surface area contributed by atoms with E-state index in [0.29, 0.717) is 0 Å². The summed E-state index contributed by atoms with van der Waals surface area (Å²) in [5.41, 5.74) is 3.90. The highest BCUT2D eigenvalue weighted by Gasteiger charge is 2.30. The molecule has 2 aliphatic rings. The molecular formula is C21H27N5O. The molecule has 2 fully saturated rings. The largest absolute Gasteiger partial charge is 0.357 e. The molecule has 0 aliphatic carbocycles. The van der Waals surface area contributed by atoms with Gasteiger partial charge in [0.1, 0.15) is 0 Å². The Labute approximate surface area is 159 Å². The minimum Gasteiger partial charge on any atom is -0.357 e. The fraction of sp³-hybridized carbons (Fsp3) is 0.524. The summed E-state index contributed by atoms with van der Waals surface area (Å²) in [5.74, 6) is 1.48. The number of fused-ring (bicyclic) bond motifs is 1. The molecule has 4 heterocycles. The second kappa shape index (κ2) is 7.09. The summed E-state index contributed by atoms with van der Waals surface area (Å²) in [7, 11) is 0. The zero-order valence-electron chi connectivity index (χ0n) is 15.9. The minimum absolute atomic E-state index is 0.249. The third kappa shape index (κ3) is 3.51. The lowest BCUT2D eigenvalue weighted by Gasteiger charge is -2.21. The van der Waals surface area contributed by atoms with Crippen molar-refractivity contribution in [2.24, 2.45) is 0 Å². The second-order valence-corrected chi connectivity index (χ2v) is 8.01. The van der Waals surface area contributed by atoms with Crippen LogP contribution < -0.4 is 0 Å². The van der Waals surface area contributed by atoms with Crippen molar-refractivity contribution >= 4 is 10.9 Å². The summed E-state index contributed by atoms with van der Waals surface area (Å²) in [5, 5.41) is 5.28. The molecule has 27 heavy (non-hydrogen) atoms. The number of hydrogen-bond donors (Lipinski definition) is 1. The maximum Gasteiger partial charge on any atom is 0.243 e. The molecule has 0 spiro atoms. The van der Waals surface area contributed by atoms with E-state index in [0.717, 1.165) is 37.8 Å². The molecule has 5 rings (SSSR count). The molecule has 0 unspecified atom stereocenters. The van der Waals surface area contributed by atoms with Gasteiger partial charge in [0, 0.05) is 29.7 Å². The lowest BCUT2D eigenvalue weighted by Crippen LogP contribution is -2.23. The summed E-state index contributed by atoms with van der Waals surface area (Å²) >= 11 is 0. The van der Waals surface area contributed by atoms with E-state index < -0.39 is 0 Å². The third-order valence-corrected chi connectivity index (χ3v) is 5.91. The summed E-state index contributed by atoms with van der Waals surface area (Å²) in [6.45, 7) is 7.38. The number of aromatic amines is 1. The van der Waals surface area contributed by atoms with Crippen molar-refractivity contribution in [3.05, 3.63) is 47.2 Å². The van der Waals surface area contributed by atoms with E-state index in [4.69, 9.17) is 4.52 Å². The van der Waals surface area contributed by atoms with Crippen molar-refractivity contribution in [3.63, 3.8) is 0 Å². The Balaban J connectivity index is 1.32. The van der Waals surface area contributed by atoms with Crippen LogP contribution in [0.2, 0.25) is 0 Å². The number of rotatable bonds is 5. The lowest BCUT2D eigenvalue weighted by molar-refractivity contribution is 0.201. The molecule has 2 aromatic heterocycles. The van der Waals surface area contributed by atoms with Crippen molar-refractivity contribution in [2.45, 2.75) is 51.7 Å². The van der Waals surface area contributed by atoms with Crippen LogP contribution in [0, 0.1) is 6.92 Å². The summed E-state index contributed by atoms with van der Waals surface area (Å²) in [6.07, 6.45) is 4.94. The van der Waals surface area contributed by atoms with E-state index >= 15 is 0 Å². The standard InChI is InChI=1S/C21H27N5O/c1-15-22-21(27-24-15)20-5-4-10-26(20)13-16-6-7-19-17(11-16)12-18(23-19)14-25-8-2-3-9-25/h6-7,11-12,20,23H,2-5,8-10,13-14H2,1H3/t20-/m1/s1. The number of benzene rings is 1. The predicted octanol–water partition coefficient (Wildman–Crippen LogP) is 3.79. The van der Waals surface area contributed by atoms with Crippen LogP contribution in [-0.2, 0) is 13.1 Å². The maximum atomic E-state index is 5.44. The maximum absolute atomic E-state index is 5.44. The van der Waals surface area contributed by atoms with E-state index in [1.807, 2.05) is 6.92 Å². The van der Waals surface area contributed by atoms with Crippen LogP contribution >= 0.6 is 0 Å². The first-order valence-electron chi connectivity index (χ1n) is 10.1. The van der Waals surface area contributed by atoms with Gasteiger partial charge >= 0.3 is 0 Å². The van der Waals surface area contributed by atoms with Gasteiger partial charge in [0.2, 0.25) is 5.89 Å². The van der Waals surface area contributed by atoms with Gasteiger partial charge in [-0.2, -0.15) is 4.98 Å². The number of H-pyrrole nitrogens is 1. The highest BCUT2D eigenvalue weighted by atomic mass is 16.5. The van der Waals surface area contributed by atoms with Crippen LogP contribution in [0.1, 0.15) is 54.7 Å². The molecule has 0 amide bonds. The van der Waals surface area contributed by atoms with Gasteiger partial charge in [0.25, 0.3) is 0 Å². The molecule has 0 saturated carbocycles. The zero-order valence-corrected chi connectivity index (χ0v) is 15.9. The molecule has 1 atom stereocenters. The Kier molecular flexibility index (Phi) is 4.45. The second-order valence-electron chi connectivity index (χ2n) is 8.01. The molecule has 1 N–H and O–H groups in total. The lowest BCUT2D eigenvalue weighted by atomic mass is 10.1. The van der Waals surface area contributed by atoms with Gasteiger partial charge in [-0.25, -0.2) is 0 Å². The van der Waals surface area contributed by atoms with Crippen molar-refractivity contribution in [1.82, 2.24) is 24.9 Å². The SMILES string of the molecule is Cc1noc([C@H]2CCCN2Cc2ccc3[nH]c(CN4CCCC4)cc3c2)n1. The van der Waals surface area contributed by atoms with Gasteiger partial charge in [-0.3, -0.25) is 9.80 Å². The Morgan fingerprint density at radius 1 is 1.11 bits per heavy atom. The Hall–Kier alpha value is -2.18. The molecule has 2 aliphatic heterocycles. The van der Waals surface area contributed by atoms with Gasteiger partial charge in [0.05, 0.1) is 6.04 Å². The van der Waals surface area contributed by atoms with Crippen LogP contribution in [0.15, 0.2) is 28.8 Å². The molecule has 0 bridgehead atoms. The zero-order chi connectivity index (χ0) is 18.2. The normalized spacial score (nSPS) is 21.6. The highest BCUT2D eigenvalue weighted by Crippen LogP contribution is 2.32. The quantitative estimate of drug-likeness (QED) is 0.745. The van der Waals surface area contributed by atoms with Gasteiger partial charge in [-0.05, 0) is 76.0 Å².